The molecule has 18 heavy (non-hydrogen) atoms. The predicted octanol–water partition coefficient (Wildman–Crippen LogP) is 3.63. The van der Waals surface area contributed by atoms with Crippen molar-refractivity contribution in [2.45, 2.75) is 26.6 Å². The monoisotopic (exact) mass is 242 g/mol. The molecule has 0 spiro atoms. The van der Waals surface area contributed by atoms with Gasteiger partial charge in [0.25, 0.3) is 0 Å². The lowest BCUT2D eigenvalue weighted by atomic mass is 10.1. The molecule has 2 nitrogen and oxygen atoms in total. The summed E-state index contributed by atoms with van der Waals surface area (Å²) in [5, 5.41) is 9.51. The second-order valence-corrected chi connectivity index (χ2v) is 4.48. The SMILES string of the molecule is Cc1cc([C@@H](C)O)ccc1OCc1ccccc1. The van der Waals surface area contributed by atoms with E-state index in [0.29, 0.717) is 6.61 Å². The number of rotatable bonds is 4. The van der Waals surface area contributed by atoms with Crippen LogP contribution in [0.1, 0.15) is 29.7 Å². The number of hydrogen-bond donors (Lipinski definition) is 1. The van der Waals surface area contributed by atoms with Crippen LogP contribution in [0.4, 0.5) is 0 Å². The topological polar surface area (TPSA) is 29.5 Å². The third kappa shape index (κ3) is 3.11. The largest absolute Gasteiger partial charge is 0.489 e. The van der Waals surface area contributed by atoms with Crippen molar-refractivity contribution < 1.29 is 9.84 Å². The van der Waals surface area contributed by atoms with Crippen LogP contribution in [0, 0.1) is 6.92 Å². The first-order chi connectivity index (χ1) is 8.66. The van der Waals surface area contributed by atoms with E-state index in [2.05, 4.69) is 0 Å². The summed E-state index contributed by atoms with van der Waals surface area (Å²) < 4.78 is 5.78. The van der Waals surface area contributed by atoms with E-state index in [9.17, 15) is 5.11 Å². The van der Waals surface area contributed by atoms with E-state index in [4.69, 9.17) is 4.74 Å². The number of aryl methyl sites for hydroxylation is 1. The van der Waals surface area contributed by atoms with Gasteiger partial charge in [0.2, 0.25) is 0 Å². The van der Waals surface area contributed by atoms with Crippen LogP contribution in [0.15, 0.2) is 48.5 Å². The predicted molar refractivity (Wildman–Crippen MR) is 72.6 cm³/mol. The van der Waals surface area contributed by atoms with Gasteiger partial charge in [0.1, 0.15) is 12.4 Å². The molecule has 0 aromatic heterocycles. The molecule has 0 saturated carbocycles. The molecule has 0 saturated heterocycles. The van der Waals surface area contributed by atoms with E-state index < -0.39 is 6.10 Å². The second-order valence-electron chi connectivity index (χ2n) is 4.48. The summed E-state index contributed by atoms with van der Waals surface area (Å²) in [4.78, 5) is 0. The summed E-state index contributed by atoms with van der Waals surface area (Å²) >= 11 is 0. The van der Waals surface area contributed by atoms with E-state index >= 15 is 0 Å². The highest BCUT2D eigenvalue weighted by atomic mass is 16.5. The van der Waals surface area contributed by atoms with Crippen molar-refractivity contribution in [3.63, 3.8) is 0 Å². The van der Waals surface area contributed by atoms with E-state index in [1.807, 2.05) is 55.5 Å². The van der Waals surface area contributed by atoms with Gasteiger partial charge in [0.15, 0.2) is 0 Å². The van der Waals surface area contributed by atoms with Crippen molar-refractivity contribution >= 4 is 0 Å². The zero-order chi connectivity index (χ0) is 13.0. The maximum Gasteiger partial charge on any atom is 0.122 e. The molecule has 2 rings (SSSR count). The summed E-state index contributed by atoms with van der Waals surface area (Å²) in [5.41, 5.74) is 3.11. The number of ether oxygens (including phenoxy) is 1. The minimum atomic E-state index is -0.438. The average Bonchev–Trinajstić information content (AvgIpc) is 2.38. The van der Waals surface area contributed by atoms with E-state index in [0.717, 1.165) is 22.4 Å². The molecular formula is C16H18O2. The molecule has 94 valence electrons. The summed E-state index contributed by atoms with van der Waals surface area (Å²) in [6.07, 6.45) is -0.438. The van der Waals surface area contributed by atoms with E-state index in [-0.39, 0.29) is 0 Å². The minimum Gasteiger partial charge on any atom is -0.489 e. The highest BCUT2D eigenvalue weighted by Gasteiger charge is 2.05. The van der Waals surface area contributed by atoms with Crippen LogP contribution in [0.3, 0.4) is 0 Å². The van der Waals surface area contributed by atoms with Crippen LogP contribution >= 0.6 is 0 Å². The Bertz CT molecular complexity index is 504. The quantitative estimate of drug-likeness (QED) is 0.887. The fourth-order valence-corrected chi connectivity index (χ4v) is 1.83. The molecule has 0 aliphatic carbocycles. The van der Waals surface area contributed by atoms with Gasteiger partial charge in [-0.05, 0) is 42.7 Å². The summed E-state index contributed by atoms with van der Waals surface area (Å²) in [7, 11) is 0. The van der Waals surface area contributed by atoms with E-state index in [1.165, 1.54) is 0 Å². The lowest BCUT2D eigenvalue weighted by molar-refractivity contribution is 0.199. The van der Waals surface area contributed by atoms with Crippen LogP contribution in [0.2, 0.25) is 0 Å². The maximum absolute atomic E-state index is 9.51. The van der Waals surface area contributed by atoms with Gasteiger partial charge in [0, 0.05) is 0 Å². The molecule has 0 heterocycles. The zero-order valence-electron chi connectivity index (χ0n) is 10.8. The van der Waals surface area contributed by atoms with Gasteiger partial charge in [0.05, 0.1) is 6.10 Å². The first-order valence-electron chi connectivity index (χ1n) is 6.12. The highest BCUT2D eigenvalue weighted by molar-refractivity contribution is 5.37. The van der Waals surface area contributed by atoms with Crippen molar-refractivity contribution in [2.75, 3.05) is 0 Å². The molecule has 0 radical (unpaired) electrons. The van der Waals surface area contributed by atoms with Gasteiger partial charge in [-0.25, -0.2) is 0 Å². The van der Waals surface area contributed by atoms with Crippen molar-refractivity contribution in [2.24, 2.45) is 0 Å². The smallest absolute Gasteiger partial charge is 0.122 e. The molecule has 2 heteroatoms. The van der Waals surface area contributed by atoms with Crippen molar-refractivity contribution in [1.29, 1.82) is 0 Å². The molecular weight excluding hydrogens is 224 g/mol. The van der Waals surface area contributed by atoms with Gasteiger partial charge in [-0.2, -0.15) is 0 Å². The third-order valence-electron chi connectivity index (χ3n) is 2.92. The number of benzene rings is 2. The van der Waals surface area contributed by atoms with E-state index in [1.54, 1.807) is 6.92 Å². The number of aliphatic hydroxyl groups is 1. The second kappa shape index (κ2) is 5.69. The Morgan fingerprint density at radius 2 is 1.83 bits per heavy atom. The summed E-state index contributed by atoms with van der Waals surface area (Å²) in [5.74, 6) is 0.864. The first-order valence-corrected chi connectivity index (χ1v) is 6.12. The standard InChI is InChI=1S/C16H18O2/c1-12-10-15(13(2)17)8-9-16(12)18-11-14-6-4-3-5-7-14/h3-10,13,17H,11H2,1-2H3/t13-/m1/s1. The fourth-order valence-electron chi connectivity index (χ4n) is 1.83. The molecule has 1 N–H and O–H groups in total. The lowest BCUT2D eigenvalue weighted by Crippen LogP contribution is -1.98. The van der Waals surface area contributed by atoms with Crippen LogP contribution in [0.25, 0.3) is 0 Å². The zero-order valence-corrected chi connectivity index (χ0v) is 10.8. The molecule has 0 amide bonds. The van der Waals surface area contributed by atoms with Crippen LogP contribution in [-0.4, -0.2) is 5.11 Å². The van der Waals surface area contributed by atoms with Gasteiger partial charge < -0.3 is 9.84 Å². The normalized spacial score (nSPS) is 12.2. The molecule has 0 fully saturated rings. The maximum atomic E-state index is 9.51. The molecule has 0 bridgehead atoms. The van der Waals surface area contributed by atoms with Gasteiger partial charge >= 0.3 is 0 Å². The highest BCUT2D eigenvalue weighted by Crippen LogP contribution is 2.23. The molecule has 2 aromatic carbocycles. The molecule has 0 aliphatic rings. The third-order valence-corrected chi connectivity index (χ3v) is 2.92. The Labute approximate surface area is 108 Å². The first kappa shape index (κ1) is 12.7. The molecule has 1 atom stereocenters. The molecule has 0 aliphatic heterocycles. The van der Waals surface area contributed by atoms with Crippen molar-refractivity contribution in [3.8, 4) is 5.75 Å². The van der Waals surface area contributed by atoms with Crippen molar-refractivity contribution in [3.05, 3.63) is 65.2 Å². The Balaban J connectivity index is 2.06. The molecule has 0 unspecified atom stereocenters. The fraction of sp³-hybridized carbons (Fsp3) is 0.250. The van der Waals surface area contributed by atoms with Gasteiger partial charge in [-0.15, -0.1) is 0 Å². The Morgan fingerprint density at radius 3 is 2.44 bits per heavy atom. The molecule has 2 aromatic rings. The lowest BCUT2D eigenvalue weighted by Gasteiger charge is -2.12. The Hall–Kier alpha value is -1.80. The summed E-state index contributed by atoms with van der Waals surface area (Å²) in [6.45, 7) is 4.32. The minimum absolute atomic E-state index is 0.438. The van der Waals surface area contributed by atoms with Crippen molar-refractivity contribution in [1.82, 2.24) is 0 Å². The van der Waals surface area contributed by atoms with Gasteiger partial charge in [-0.1, -0.05) is 36.4 Å². The number of hydrogen-bond acceptors (Lipinski definition) is 2. The van der Waals surface area contributed by atoms with Crippen LogP contribution in [0.5, 0.6) is 5.75 Å². The average molecular weight is 242 g/mol. The summed E-state index contributed by atoms with van der Waals surface area (Å²) in [6, 6.07) is 15.9. The Kier molecular flexibility index (Phi) is 4.00. The van der Waals surface area contributed by atoms with Crippen LogP contribution < -0.4 is 4.74 Å². The number of aliphatic hydroxyl groups excluding tert-OH is 1. The Morgan fingerprint density at radius 1 is 1.11 bits per heavy atom. The van der Waals surface area contributed by atoms with Gasteiger partial charge in [-0.3, -0.25) is 0 Å². The van der Waals surface area contributed by atoms with Crippen LogP contribution in [-0.2, 0) is 6.61 Å².